The number of carbonyl (C=O) groups is 2. The molecule has 3 aromatic rings. The molecule has 0 unspecified atom stereocenters. The van der Waals surface area contributed by atoms with Gasteiger partial charge in [0.1, 0.15) is 5.75 Å². The molecule has 1 aliphatic heterocycles. The highest BCUT2D eigenvalue weighted by molar-refractivity contribution is 6.33. The number of hydrogen-bond donors (Lipinski definition) is 2. The van der Waals surface area contributed by atoms with Gasteiger partial charge in [-0.1, -0.05) is 54.4 Å². The first-order valence-electron chi connectivity index (χ1n) is 10.9. The van der Waals surface area contributed by atoms with Crippen molar-refractivity contribution in [1.29, 1.82) is 0 Å². The van der Waals surface area contributed by atoms with E-state index in [1.165, 1.54) is 55.3 Å². The maximum Gasteiger partial charge on any atom is 0.422 e. The van der Waals surface area contributed by atoms with E-state index in [-0.39, 0.29) is 39.2 Å². The topological polar surface area (TPSA) is 87.1 Å². The minimum Gasteiger partial charge on any atom is -0.482 e. The lowest BCUT2D eigenvalue weighted by Crippen LogP contribution is -2.47. The lowest BCUT2D eigenvalue weighted by molar-refractivity contribution is -0.274. The van der Waals surface area contributed by atoms with Gasteiger partial charge in [-0.3, -0.25) is 4.79 Å². The maximum atomic E-state index is 14.5. The molecule has 194 valence electrons. The number of aliphatic hydroxyl groups is 1. The lowest BCUT2D eigenvalue weighted by atomic mass is 9.77. The van der Waals surface area contributed by atoms with Crippen LogP contribution in [-0.2, 0) is 10.4 Å². The molecule has 4 rings (SSSR count). The fourth-order valence-electron chi connectivity index (χ4n) is 4.32. The highest BCUT2D eigenvalue weighted by Crippen LogP contribution is 2.51. The second-order valence-electron chi connectivity index (χ2n) is 8.65. The highest BCUT2D eigenvalue weighted by atomic mass is 35.5. The monoisotopic (exact) mass is 553 g/mol. The Labute approximate surface area is 219 Å². The Bertz CT molecular complexity index is 1410. The molecule has 11 heteroatoms. The molecule has 37 heavy (non-hydrogen) atoms. The zero-order chi connectivity index (χ0) is 27.3. The number of amides is 1. The molecule has 0 saturated heterocycles. The van der Waals surface area contributed by atoms with Gasteiger partial charge in [-0.15, -0.1) is 0 Å². The van der Waals surface area contributed by atoms with Gasteiger partial charge in [0.05, 0.1) is 16.3 Å². The summed E-state index contributed by atoms with van der Waals surface area (Å²) in [5.74, 6) is -3.03. The number of carboxylic acids is 1. The van der Waals surface area contributed by atoms with E-state index in [1.54, 1.807) is 6.07 Å². The Kier molecular flexibility index (Phi) is 6.92. The number of fused-ring (bicyclic) bond motifs is 1. The van der Waals surface area contributed by atoms with Crippen LogP contribution >= 0.6 is 23.2 Å². The van der Waals surface area contributed by atoms with Gasteiger partial charge >= 0.3 is 12.1 Å². The Balaban J connectivity index is 1.78. The first-order chi connectivity index (χ1) is 17.3. The summed E-state index contributed by atoms with van der Waals surface area (Å²) in [6.07, 6.45) is -5.12. The van der Waals surface area contributed by atoms with Crippen LogP contribution in [0.4, 0.5) is 18.9 Å². The quantitative estimate of drug-likeness (QED) is 0.389. The Hall–Kier alpha value is -3.27. The predicted molar refractivity (Wildman–Crippen MR) is 133 cm³/mol. The number of aromatic carboxylic acids is 1. The summed E-state index contributed by atoms with van der Waals surface area (Å²) in [5, 5.41) is 20.5. The zero-order valence-electron chi connectivity index (χ0n) is 19.4. The number of carboxylic acid groups (broad SMARTS) is 1. The number of rotatable bonds is 5. The van der Waals surface area contributed by atoms with Crippen molar-refractivity contribution in [1.82, 2.24) is 0 Å². The Morgan fingerprint density at radius 1 is 1.03 bits per heavy atom. The summed E-state index contributed by atoms with van der Waals surface area (Å²) in [4.78, 5) is 24.6. The lowest BCUT2D eigenvalue weighted by Gasteiger charge is -2.38. The summed E-state index contributed by atoms with van der Waals surface area (Å²) >= 11 is 12.3. The van der Waals surface area contributed by atoms with Gasteiger partial charge in [0.2, 0.25) is 0 Å². The van der Waals surface area contributed by atoms with Gasteiger partial charge in [-0.2, -0.15) is 13.2 Å². The van der Waals surface area contributed by atoms with Gasteiger partial charge in [0.25, 0.3) is 5.91 Å². The van der Waals surface area contributed by atoms with Crippen molar-refractivity contribution in [3.05, 3.63) is 81.3 Å². The third-order valence-corrected chi connectivity index (χ3v) is 7.20. The van der Waals surface area contributed by atoms with Crippen LogP contribution < -0.4 is 9.64 Å². The van der Waals surface area contributed by atoms with Crippen LogP contribution in [0.15, 0.2) is 54.6 Å². The van der Waals surface area contributed by atoms with E-state index in [4.69, 9.17) is 27.9 Å². The Morgan fingerprint density at radius 2 is 1.68 bits per heavy atom. The first kappa shape index (κ1) is 26.8. The second-order valence-corrected chi connectivity index (χ2v) is 9.46. The van der Waals surface area contributed by atoms with Crippen molar-refractivity contribution in [3.8, 4) is 16.9 Å². The average molecular weight is 554 g/mol. The number of nitrogens with zero attached hydrogens (tertiary/aromatic N) is 1. The van der Waals surface area contributed by atoms with E-state index in [0.717, 1.165) is 12.1 Å². The second kappa shape index (κ2) is 9.55. The van der Waals surface area contributed by atoms with Crippen LogP contribution in [0.5, 0.6) is 5.75 Å². The van der Waals surface area contributed by atoms with Crippen LogP contribution in [0.1, 0.15) is 34.3 Å². The molecule has 2 atom stereocenters. The van der Waals surface area contributed by atoms with Crippen molar-refractivity contribution in [2.45, 2.75) is 24.6 Å². The molecule has 0 aliphatic carbocycles. The molecule has 1 aliphatic rings. The van der Waals surface area contributed by atoms with Crippen LogP contribution in [0.25, 0.3) is 11.1 Å². The molecule has 6 nitrogen and oxygen atoms in total. The van der Waals surface area contributed by atoms with Gasteiger partial charge in [-0.25, -0.2) is 4.79 Å². The molecule has 0 bridgehead atoms. The molecule has 0 radical (unpaired) electrons. The molecule has 1 amide bonds. The third-order valence-electron chi connectivity index (χ3n) is 6.54. The van der Waals surface area contributed by atoms with E-state index < -0.39 is 35.1 Å². The summed E-state index contributed by atoms with van der Waals surface area (Å²) in [5.41, 5.74) is -3.00. The molecule has 2 N–H and O–H groups in total. The SMILES string of the molecule is C[C@@H](c1ccc(-c2ccc(Cl)c(C(=O)O)c2)cc1Cl)[C@](O)(c1ccc2c(c1)N(C)C(=O)CO2)C(F)(F)F. The van der Waals surface area contributed by atoms with E-state index >= 15 is 0 Å². The largest absolute Gasteiger partial charge is 0.482 e. The molecule has 0 spiro atoms. The number of benzene rings is 3. The highest BCUT2D eigenvalue weighted by Gasteiger charge is 2.59. The van der Waals surface area contributed by atoms with E-state index in [2.05, 4.69) is 0 Å². The number of hydrogen-bond acceptors (Lipinski definition) is 4. The number of ether oxygens (including phenoxy) is 1. The fourth-order valence-corrected chi connectivity index (χ4v) is 4.86. The summed E-state index contributed by atoms with van der Waals surface area (Å²) < 4.78 is 48.8. The normalized spacial score (nSPS) is 16.0. The molecule has 0 fully saturated rings. The smallest absolute Gasteiger partial charge is 0.422 e. The van der Waals surface area contributed by atoms with Crippen LogP contribution in [-0.4, -0.2) is 41.9 Å². The van der Waals surface area contributed by atoms with Gasteiger partial charge < -0.3 is 19.8 Å². The predicted octanol–water partition coefficient (Wildman–Crippen LogP) is 6.27. The first-order valence-corrected chi connectivity index (χ1v) is 11.7. The van der Waals surface area contributed by atoms with Crippen molar-refractivity contribution in [2.75, 3.05) is 18.6 Å². The van der Waals surface area contributed by atoms with Crippen LogP contribution in [0, 0.1) is 0 Å². The summed E-state index contributed by atoms with van der Waals surface area (Å²) in [6, 6.07) is 12.0. The minimum absolute atomic E-state index is 0.0102. The molecule has 0 aromatic heterocycles. The van der Waals surface area contributed by atoms with Crippen molar-refractivity contribution >= 4 is 40.8 Å². The van der Waals surface area contributed by atoms with Gasteiger partial charge in [0, 0.05) is 18.0 Å². The van der Waals surface area contributed by atoms with Crippen LogP contribution in [0.2, 0.25) is 10.0 Å². The number of anilines is 1. The third kappa shape index (κ3) is 4.63. The Morgan fingerprint density at radius 3 is 2.30 bits per heavy atom. The van der Waals surface area contributed by atoms with E-state index in [0.29, 0.717) is 11.1 Å². The maximum absolute atomic E-state index is 14.5. The van der Waals surface area contributed by atoms with Crippen LogP contribution in [0.3, 0.4) is 0 Å². The van der Waals surface area contributed by atoms with Gasteiger partial charge in [-0.05, 0) is 52.6 Å². The standard InChI is InChI=1S/C26H20Cl2F3NO5/c1-13(17-6-3-15(10-20(17)28)14-4-7-19(27)18(9-14)24(34)35)25(36,26(29,30)31)16-5-8-22-21(11-16)32(2)23(33)12-37-22/h3-11,13,36H,12H2,1-2H3,(H,34,35)/t13-,25-/m0/s1. The van der Waals surface area contributed by atoms with E-state index in [9.17, 15) is 33.0 Å². The number of carbonyl (C=O) groups excluding carboxylic acids is 1. The number of halogens is 5. The van der Waals surface area contributed by atoms with Crippen molar-refractivity contribution in [2.24, 2.45) is 0 Å². The minimum atomic E-state index is -5.12. The molecular formula is C26H20Cl2F3NO5. The summed E-state index contributed by atoms with van der Waals surface area (Å²) in [6.45, 7) is 0.955. The van der Waals surface area contributed by atoms with Crippen molar-refractivity contribution < 1.29 is 37.7 Å². The molecule has 0 saturated carbocycles. The fraction of sp³-hybridized carbons (Fsp3) is 0.231. The number of likely N-dealkylation sites (N-methyl/N-ethyl adjacent to an activating group) is 1. The molecular weight excluding hydrogens is 534 g/mol. The zero-order valence-corrected chi connectivity index (χ0v) is 20.9. The van der Waals surface area contributed by atoms with Crippen molar-refractivity contribution in [3.63, 3.8) is 0 Å². The molecule has 3 aromatic carbocycles. The summed E-state index contributed by atoms with van der Waals surface area (Å²) in [7, 11) is 1.41. The van der Waals surface area contributed by atoms with E-state index in [1.807, 2.05) is 0 Å². The van der Waals surface area contributed by atoms with Gasteiger partial charge in [0.15, 0.2) is 12.2 Å². The number of alkyl halides is 3. The average Bonchev–Trinajstić information content (AvgIpc) is 2.84. The molecule has 1 heterocycles.